The van der Waals surface area contributed by atoms with Gasteiger partial charge in [0.2, 0.25) is 5.89 Å². The van der Waals surface area contributed by atoms with Crippen LogP contribution in [0.2, 0.25) is 0 Å². The predicted octanol–water partition coefficient (Wildman–Crippen LogP) is 5.67. The van der Waals surface area contributed by atoms with E-state index >= 15 is 0 Å². The van der Waals surface area contributed by atoms with Gasteiger partial charge in [-0.3, -0.25) is 0 Å². The fourth-order valence-electron chi connectivity index (χ4n) is 3.72. The van der Waals surface area contributed by atoms with Crippen LogP contribution in [0.3, 0.4) is 0 Å². The van der Waals surface area contributed by atoms with Crippen LogP contribution in [0.25, 0.3) is 11.5 Å². The van der Waals surface area contributed by atoms with E-state index in [1.165, 1.54) is 13.2 Å². The summed E-state index contributed by atoms with van der Waals surface area (Å²) >= 11 is 0. The predicted molar refractivity (Wildman–Crippen MR) is 123 cm³/mol. The Bertz CT molecular complexity index is 1100. The van der Waals surface area contributed by atoms with E-state index in [2.05, 4.69) is 4.98 Å². The summed E-state index contributed by atoms with van der Waals surface area (Å²) in [5.74, 6) is 0.448. The average molecular weight is 456 g/mol. The van der Waals surface area contributed by atoms with E-state index in [1.807, 2.05) is 39.8 Å². The molecule has 0 saturated carbocycles. The smallest absolute Gasteiger partial charge is 0.335 e. The Hall–Kier alpha value is -3.19. The topological polar surface area (TPSA) is 70.8 Å². The zero-order chi connectivity index (χ0) is 24.1. The van der Waals surface area contributed by atoms with Gasteiger partial charge in [-0.1, -0.05) is 0 Å². The third-order valence-electron chi connectivity index (χ3n) is 5.55. The first-order valence-electron chi connectivity index (χ1n) is 10.9. The Morgan fingerprint density at radius 2 is 1.82 bits per heavy atom. The largest absolute Gasteiger partial charge is 0.484 e. The molecule has 0 amide bonds. The van der Waals surface area contributed by atoms with Crippen molar-refractivity contribution in [3.05, 3.63) is 70.4 Å². The SMILES string of the molecule is CCO[C@@H](Cc1c(C)cc(O[C@@H](C)c2coc(-c3ccc(F)c(C)c3)n2)cc1C)C(=O)OC. The number of halogens is 1. The van der Waals surface area contributed by atoms with Crippen molar-refractivity contribution in [2.24, 2.45) is 0 Å². The van der Waals surface area contributed by atoms with E-state index in [0.29, 0.717) is 41.5 Å². The van der Waals surface area contributed by atoms with Crippen LogP contribution in [-0.2, 0) is 20.7 Å². The number of esters is 1. The quantitative estimate of drug-likeness (QED) is 0.387. The van der Waals surface area contributed by atoms with Crippen LogP contribution in [0, 0.1) is 26.6 Å². The summed E-state index contributed by atoms with van der Waals surface area (Å²) < 4.78 is 35.7. The number of oxazole rings is 1. The Morgan fingerprint density at radius 3 is 2.42 bits per heavy atom. The molecule has 0 radical (unpaired) electrons. The third-order valence-corrected chi connectivity index (χ3v) is 5.55. The molecule has 2 aromatic carbocycles. The van der Waals surface area contributed by atoms with Gasteiger partial charge in [-0.15, -0.1) is 0 Å². The van der Waals surface area contributed by atoms with Crippen molar-refractivity contribution >= 4 is 5.97 Å². The molecule has 0 saturated heterocycles. The maximum atomic E-state index is 13.5. The number of rotatable bonds is 9. The summed E-state index contributed by atoms with van der Waals surface area (Å²) in [5.41, 5.74) is 4.88. The normalized spacial score (nSPS) is 12.9. The molecule has 2 atom stereocenters. The minimum absolute atomic E-state index is 0.268. The third kappa shape index (κ3) is 5.79. The molecule has 33 heavy (non-hydrogen) atoms. The van der Waals surface area contributed by atoms with Crippen LogP contribution in [0.15, 0.2) is 41.0 Å². The number of ether oxygens (including phenoxy) is 3. The second kappa shape index (κ2) is 10.6. The molecule has 0 aliphatic rings. The lowest BCUT2D eigenvalue weighted by molar-refractivity contribution is -0.153. The molecule has 0 aliphatic carbocycles. The Kier molecular flexibility index (Phi) is 7.87. The summed E-state index contributed by atoms with van der Waals surface area (Å²) in [6, 6.07) is 8.61. The molecule has 6 nitrogen and oxygen atoms in total. The fraction of sp³-hybridized carbons (Fsp3) is 0.385. The number of hydrogen-bond acceptors (Lipinski definition) is 6. The number of methoxy groups -OCH3 is 1. The van der Waals surface area contributed by atoms with Gasteiger partial charge in [0.05, 0.1) is 7.11 Å². The summed E-state index contributed by atoms with van der Waals surface area (Å²) in [6.07, 6.45) is 0.972. The highest BCUT2D eigenvalue weighted by Gasteiger charge is 2.22. The lowest BCUT2D eigenvalue weighted by Crippen LogP contribution is -2.28. The van der Waals surface area contributed by atoms with Gasteiger partial charge < -0.3 is 18.6 Å². The molecule has 0 unspecified atom stereocenters. The number of aryl methyl sites for hydroxylation is 3. The molecule has 0 bridgehead atoms. The minimum atomic E-state index is -0.647. The van der Waals surface area contributed by atoms with Crippen LogP contribution in [0.4, 0.5) is 4.39 Å². The van der Waals surface area contributed by atoms with Crippen LogP contribution < -0.4 is 4.74 Å². The standard InChI is InChI=1S/C26H30FNO5/c1-7-31-24(26(29)30-6)13-21-15(2)11-20(12-16(21)3)33-18(5)23-14-32-25(28-23)19-8-9-22(27)17(4)10-19/h8-12,14,18,24H,7,13H2,1-6H3/t18-,24-/m0/s1. The maximum Gasteiger partial charge on any atom is 0.335 e. The molecule has 1 heterocycles. The van der Waals surface area contributed by atoms with Crippen molar-refractivity contribution in [3.63, 3.8) is 0 Å². The molecule has 0 aliphatic heterocycles. The number of benzene rings is 2. The van der Waals surface area contributed by atoms with Crippen LogP contribution in [0.1, 0.15) is 47.9 Å². The summed E-state index contributed by atoms with van der Waals surface area (Å²) in [5, 5.41) is 0. The minimum Gasteiger partial charge on any atom is -0.484 e. The van der Waals surface area contributed by atoms with E-state index in [9.17, 15) is 9.18 Å². The highest BCUT2D eigenvalue weighted by atomic mass is 19.1. The molecule has 3 aromatic rings. The Morgan fingerprint density at radius 1 is 1.12 bits per heavy atom. The van der Waals surface area contributed by atoms with E-state index in [4.69, 9.17) is 18.6 Å². The van der Waals surface area contributed by atoms with E-state index in [1.54, 1.807) is 25.3 Å². The van der Waals surface area contributed by atoms with Crippen molar-refractivity contribution in [3.8, 4) is 17.2 Å². The second-order valence-corrected chi connectivity index (χ2v) is 8.01. The fourth-order valence-corrected chi connectivity index (χ4v) is 3.72. The average Bonchev–Trinajstić information content (AvgIpc) is 3.27. The zero-order valence-corrected chi connectivity index (χ0v) is 19.9. The van der Waals surface area contributed by atoms with E-state index in [-0.39, 0.29) is 17.9 Å². The van der Waals surface area contributed by atoms with Crippen molar-refractivity contribution in [2.45, 2.75) is 53.2 Å². The molecule has 0 spiro atoms. The first kappa shape index (κ1) is 24.5. The number of nitrogens with zero attached hydrogens (tertiary/aromatic N) is 1. The zero-order valence-electron chi connectivity index (χ0n) is 19.9. The van der Waals surface area contributed by atoms with Crippen molar-refractivity contribution in [1.29, 1.82) is 0 Å². The van der Waals surface area contributed by atoms with Gasteiger partial charge in [-0.2, -0.15) is 0 Å². The molecule has 0 fully saturated rings. The highest BCUT2D eigenvalue weighted by molar-refractivity contribution is 5.75. The molecular weight excluding hydrogens is 425 g/mol. The van der Waals surface area contributed by atoms with Gasteiger partial charge in [0.1, 0.15) is 29.6 Å². The Balaban J connectivity index is 1.75. The van der Waals surface area contributed by atoms with Gasteiger partial charge >= 0.3 is 5.97 Å². The lowest BCUT2D eigenvalue weighted by Gasteiger charge is -2.19. The monoisotopic (exact) mass is 455 g/mol. The first-order chi connectivity index (χ1) is 15.7. The van der Waals surface area contributed by atoms with Gasteiger partial charge in [-0.05, 0) is 87.2 Å². The van der Waals surface area contributed by atoms with Crippen LogP contribution in [-0.4, -0.2) is 30.8 Å². The molecular formula is C26H30FNO5. The molecule has 0 N–H and O–H groups in total. The molecule has 3 rings (SSSR count). The van der Waals surface area contributed by atoms with Gasteiger partial charge in [0, 0.05) is 18.6 Å². The summed E-state index contributed by atoms with van der Waals surface area (Å²) in [6.45, 7) is 9.81. The van der Waals surface area contributed by atoms with Gasteiger partial charge in [0.15, 0.2) is 6.10 Å². The van der Waals surface area contributed by atoms with E-state index < -0.39 is 6.10 Å². The van der Waals surface area contributed by atoms with Crippen LogP contribution >= 0.6 is 0 Å². The number of aromatic nitrogens is 1. The van der Waals surface area contributed by atoms with Crippen molar-refractivity contribution in [2.75, 3.05) is 13.7 Å². The Labute approximate surface area is 193 Å². The van der Waals surface area contributed by atoms with Gasteiger partial charge in [0.25, 0.3) is 0 Å². The molecule has 1 aromatic heterocycles. The lowest BCUT2D eigenvalue weighted by atomic mass is 9.97. The van der Waals surface area contributed by atoms with Gasteiger partial charge in [-0.25, -0.2) is 14.2 Å². The maximum absolute atomic E-state index is 13.5. The molecule has 7 heteroatoms. The first-order valence-corrected chi connectivity index (χ1v) is 10.9. The number of hydrogen-bond donors (Lipinski definition) is 0. The molecule has 176 valence electrons. The van der Waals surface area contributed by atoms with Crippen molar-refractivity contribution < 1.29 is 27.8 Å². The van der Waals surface area contributed by atoms with E-state index in [0.717, 1.165) is 16.7 Å². The van der Waals surface area contributed by atoms with Crippen LogP contribution in [0.5, 0.6) is 5.75 Å². The summed E-state index contributed by atoms with van der Waals surface area (Å²) in [7, 11) is 1.36. The number of carbonyl (C=O) groups is 1. The summed E-state index contributed by atoms with van der Waals surface area (Å²) in [4.78, 5) is 16.5. The second-order valence-electron chi connectivity index (χ2n) is 8.01. The number of carbonyl (C=O) groups excluding carboxylic acids is 1. The highest BCUT2D eigenvalue weighted by Crippen LogP contribution is 2.29. The van der Waals surface area contributed by atoms with Crippen molar-refractivity contribution in [1.82, 2.24) is 4.98 Å².